The lowest BCUT2D eigenvalue weighted by Gasteiger charge is -2.10. The van der Waals surface area contributed by atoms with Crippen molar-refractivity contribution in [1.29, 1.82) is 0 Å². The van der Waals surface area contributed by atoms with Gasteiger partial charge in [0, 0.05) is 20.9 Å². The summed E-state index contributed by atoms with van der Waals surface area (Å²) in [7, 11) is 0. The fourth-order valence-corrected chi connectivity index (χ4v) is 9.66. The predicted octanol–water partition coefficient (Wildman–Crippen LogP) is 14.3. The average molecular weight is 677 g/mol. The molecule has 5 heteroatoms. The van der Waals surface area contributed by atoms with Gasteiger partial charge >= 0.3 is 0 Å². The van der Waals surface area contributed by atoms with Gasteiger partial charge in [0.1, 0.15) is 11.0 Å². The number of unbranched alkanes of at least 4 members (excludes halogenated alkanes) is 10. The molecule has 0 fully saturated rings. The second-order valence-corrected chi connectivity index (χ2v) is 15.6. The summed E-state index contributed by atoms with van der Waals surface area (Å²) < 4.78 is 0. The molecule has 2 nitrogen and oxygen atoms in total. The minimum absolute atomic E-state index is 0.953. The van der Waals surface area contributed by atoms with E-state index in [1.807, 2.05) is 34.0 Å². The lowest BCUT2D eigenvalue weighted by atomic mass is 10.0. The first kappa shape index (κ1) is 33.8. The number of aromatic nitrogens is 2. The summed E-state index contributed by atoms with van der Waals surface area (Å²) in [4.78, 5) is 16.2. The molecule has 0 atom stereocenters. The molecule has 0 saturated carbocycles. The number of hydrogen-bond acceptors (Lipinski definition) is 5. The first-order chi connectivity index (χ1) is 23.2. The van der Waals surface area contributed by atoms with Gasteiger partial charge in [-0.05, 0) is 59.7 Å². The Morgan fingerprint density at radius 1 is 0.489 bits per heavy atom. The van der Waals surface area contributed by atoms with E-state index in [0.29, 0.717) is 0 Å². The van der Waals surface area contributed by atoms with Gasteiger partial charge < -0.3 is 0 Å². The van der Waals surface area contributed by atoms with E-state index < -0.39 is 0 Å². The fourth-order valence-electron chi connectivity index (χ4n) is 6.35. The Morgan fingerprint density at radius 3 is 1.32 bits per heavy atom. The summed E-state index contributed by atoms with van der Waals surface area (Å²) in [6, 6.07) is 26.0. The van der Waals surface area contributed by atoms with E-state index in [1.165, 1.54) is 108 Å². The van der Waals surface area contributed by atoms with Gasteiger partial charge in [-0.3, -0.25) is 0 Å². The third-order valence-electron chi connectivity index (χ3n) is 9.02. The van der Waals surface area contributed by atoms with Crippen molar-refractivity contribution >= 4 is 45.0 Å². The van der Waals surface area contributed by atoms with Crippen LogP contribution >= 0.6 is 34.0 Å². The van der Waals surface area contributed by atoms with Crippen LogP contribution in [0.15, 0.2) is 83.6 Å². The molecule has 47 heavy (non-hydrogen) atoms. The van der Waals surface area contributed by atoms with Gasteiger partial charge in [-0.25, -0.2) is 9.97 Å². The lowest BCUT2D eigenvalue weighted by molar-refractivity contribution is 0.608. The van der Waals surface area contributed by atoms with Crippen molar-refractivity contribution in [2.75, 3.05) is 0 Å². The van der Waals surface area contributed by atoms with Gasteiger partial charge in [0.25, 0.3) is 0 Å². The van der Waals surface area contributed by atoms with Crippen LogP contribution in [0, 0.1) is 0 Å². The smallest absolute Gasteiger partial charge is 0.110 e. The highest BCUT2D eigenvalue weighted by Crippen LogP contribution is 2.47. The van der Waals surface area contributed by atoms with E-state index in [1.54, 1.807) is 0 Å². The maximum Gasteiger partial charge on any atom is 0.110 e. The molecule has 0 aliphatic rings. The van der Waals surface area contributed by atoms with Gasteiger partial charge in [0.05, 0.1) is 21.1 Å². The normalized spacial score (nSPS) is 11.5. The molecule has 4 heterocycles. The van der Waals surface area contributed by atoms with Crippen molar-refractivity contribution in [2.45, 2.75) is 104 Å². The first-order valence-corrected chi connectivity index (χ1v) is 20.4. The summed E-state index contributed by atoms with van der Waals surface area (Å²) in [5, 5.41) is 4.75. The van der Waals surface area contributed by atoms with Crippen LogP contribution in [0.3, 0.4) is 0 Å². The molecule has 0 aliphatic heterocycles. The van der Waals surface area contributed by atoms with Crippen molar-refractivity contribution in [1.82, 2.24) is 9.97 Å². The maximum absolute atomic E-state index is 5.51. The Labute approximate surface area is 294 Å². The summed E-state index contributed by atoms with van der Waals surface area (Å²) in [5.41, 5.74) is 9.09. The van der Waals surface area contributed by atoms with Crippen LogP contribution in [0.25, 0.3) is 53.1 Å². The highest BCUT2D eigenvalue weighted by atomic mass is 32.1. The van der Waals surface area contributed by atoms with E-state index >= 15 is 0 Å². The second kappa shape index (κ2) is 17.3. The monoisotopic (exact) mass is 676 g/mol. The number of thiophene rings is 3. The van der Waals surface area contributed by atoms with Gasteiger partial charge in [-0.2, -0.15) is 0 Å². The van der Waals surface area contributed by atoms with Gasteiger partial charge in [0.2, 0.25) is 0 Å². The highest BCUT2D eigenvalue weighted by molar-refractivity contribution is 7.27. The van der Waals surface area contributed by atoms with Crippen molar-refractivity contribution in [3.8, 4) is 42.0 Å². The topological polar surface area (TPSA) is 25.8 Å². The van der Waals surface area contributed by atoms with Crippen LogP contribution in [-0.2, 0) is 12.8 Å². The third-order valence-corrected chi connectivity index (χ3v) is 12.5. The molecular formula is C42H48N2S3. The Morgan fingerprint density at radius 2 is 0.894 bits per heavy atom. The van der Waals surface area contributed by atoms with E-state index in [4.69, 9.17) is 9.97 Å². The highest BCUT2D eigenvalue weighted by Gasteiger charge is 2.23. The number of nitrogens with zero attached hydrogens (tertiary/aromatic N) is 2. The molecule has 0 unspecified atom stereocenters. The molecule has 0 N–H and O–H groups in total. The van der Waals surface area contributed by atoms with Gasteiger partial charge in [-0.1, -0.05) is 139 Å². The minimum Gasteiger partial charge on any atom is -0.242 e. The number of rotatable bonds is 18. The standard InChI is InChI=1S/C42H48N2S3/c1-3-5-7-9-11-15-21-31-27-35(45-29-31)41-39-40(42(47-41)36-28-32(30-46-36)22-16-12-10-8-6-4-2)44-38(34-25-19-14-20-26-34)37(43-39)33-23-17-13-18-24-33/h13-14,17-20,23-30H,3-12,15-16,21-22H2,1-2H3. The maximum atomic E-state index is 5.51. The third kappa shape index (κ3) is 8.68. The summed E-state index contributed by atoms with van der Waals surface area (Å²) >= 11 is 5.63. The zero-order chi connectivity index (χ0) is 32.3. The molecule has 0 amide bonds. The summed E-state index contributed by atoms with van der Waals surface area (Å²) in [5.74, 6) is 0. The fraction of sp³-hybridized carbons (Fsp3) is 0.381. The van der Waals surface area contributed by atoms with Crippen LogP contribution in [0.2, 0.25) is 0 Å². The van der Waals surface area contributed by atoms with E-state index in [2.05, 4.69) is 97.4 Å². The molecule has 0 bridgehead atoms. The largest absolute Gasteiger partial charge is 0.242 e. The van der Waals surface area contributed by atoms with Crippen LogP contribution in [-0.4, -0.2) is 9.97 Å². The van der Waals surface area contributed by atoms with Crippen LogP contribution in [0.1, 0.15) is 102 Å². The quantitative estimate of drug-likeness (QED) is 0.0847. The SMILES string of the molecule is CCCCCCCCc1csc(-c2sc(-c3cc(CCCCCCCC)cs3)c3nc(-c4ccccc4)c(-c4ccccc4)nc23)c1. The number of hydrogen-bond donors (Lipinski definition) is 0. The lowest BCUT2D eigenvalue weighted by Crippen LogP contribution is -1.95. The zero-order valence-electron chi connectivity index (χ0n) is 28.1. The first-order valence-electron chi connectivity index (χ1n) is 17.9. The zero-order valence-corrected chi connectivity index (χ0v) is 30.6. The molecule has 0 aliphatic carbocycles. The molecule has 0 saturated heterocycles. The number of aryl methyl sites for hydroxylation is 2. The molecule has 2 aromatic carbocycles. The van der Waals surface area contributed by atoms with Gasteiger partial charge in [0.15, 0.2) is 0 Å². The molecule has 6 aromatic rings. The Bertz CT molecular complexity index is 1680. The summed E-state index contributed by atoms with van der Waals surface area (Å²) in [6.07, 6.45) is 18.3. The van der Waals surface area contributed by atoms with Crippen LogP contribution in [0.5, 0.6) is 0 Å². The summed E-state index contributed by atoms with van der Waals surface area (Å²) in [6.45, 7) is 4.58. The van der Waals surface area contributed by atoms with E-state index in [-0.39, 0.29) is 0 Å². The van der Waals surface area contributed by atoms with Crippen LogP contribution in [0.4, 0.5) is 0 Å². The van der Waals surface area contributed by atoms with Crippen molar-refractivity contribution in [2.24, 2.45) is 0 Å². The van der Waals surface area contributed by atoms with Crippen LogP contribution < -0.4 is 0 Å². The van der Waals surface area contributed by atoms with Crippen molar-refractivity contribution in [3.05, 3.63) is 94.7 Å². The van der Waals surface area contributed by atoms with E-state index in [0.717, 1.165) is 46.4 Å². The molecular weight excluding hydrogens is 629 g/mol. The van der Waals surface area contributed by atoms with E-state index in [9.17, 15) is 0 Å². The number of fused-ring (bicyclic) bond motifs is 1. The van der Waals surface area contributed by atoms with Gasteiger partial charge in [-0.15, -0.1) is 34.0 Å². The average Bonchev–Trinajstić information content (AvgIpc) is 3.87. The predicted molar refractivity (Wildman–Crippen MR) is 209 cm³/mol. The van der Waals surface area contributed by atoms with Crippen molar-refractivity contribution in [3.63, 3.8) is 0 Å². The Kier molecular flexibility index (Phi) is 12.5. The minimum atomic E-state index is 0.953. The molecule has 244 valence electrons. The second-order valence-electron chi connectivity index (χ2n) is 12.8. The Balaban J connectivity index is 1.37. The molecule has 0 spiro atoms. The Hall–Kier alpha value is -3.12. The molecule has 0 radical (unpaired) electrons. The van der Waals surface area contributed by atoms with Crippen molar-refractivity contribution < 1.29 is 0 Å². The molecule has 6 rings (SSSR count). The molecule has 4 aromatic heterocycles. The number of benzene rings is 2.